The Balaban J connectivity index is 1.67. The van der Waals surface area contributed by atoms with E-state index < -0.39 is 28.2 Å². The molecule has 1 aromatic heterocycles. The number of nitrogens with zero attached hydrogens (tertiary/aromatic N) is 4. The molecular formula is C28H36N6O7S. The summed E-state index contributed by atoms with van der Waals surface area (Å²) in [4.78, 5) is 32.2. The van der Waals surface area contributed by atoms with E-state index >= 15 is 0 Å². The van der Waals surface area contributed by atoms with Gasteiger partial charge in [0.2, 0.25) is 0 Å². The number of aromatic nitrogens is 2. The number of ether oxygens (including phenoxy) is 2. The second-order valence-corrected chi connectivity index (χ2v) is 12.3. The highest BCUT2D eigenvalue weighted by Gasteiger charge is 2.36. The monoisotopic (exact) mass is 600 g/mol. The van der Waals surface area contributed by atoms with Crippen LogP contribution in [0.2, 0.25) is 0 Å². The number of aryl methyl sites for hydroxylation is 1. The number of imidazole rings is 1. The van der Waals surface area contributed by atoms with Gasteiger partial charge in [-0.25, -0.2) is 18.2 Å². The molecule has 3 amide bonds. The van der Waals surface area contributed by atoms with Gasteiger partial charge < -0.3 is 34.7 Å². The lowest BCUT2D eigenvalue weighted by Crippen LogP contribution is -2.50. The lowest BCUT2D eigenvalue weighted by molar-refractivity contribution is 0.0389. The van der Waals surface area contributed by atoms with Crippen LogP contribution in [-0.2, 0) is 17.1 Å². The molecule has 14 heteroatoms. The number of amides is 3. The van der Waals surface area contributed by atoms with Crippen molar-refractivity contribution in [3.63, 3.8) is 0 Å². The van der Waals surface area contributed by atoms with Gasteiger partial charge in [-0.1, -0.05) is 13.0 Å². The molecule has 3 atom stereocenters. The van der Waals surface area contributed by atoms with Gasteiger partial charge in [0, 0.05) is 38.4 Å². The van der Waals surface area contributed by atoms with Gasteiger partial charge in [-0.2, -0.15) is 4.31 Å². The summed E-state index contributed by atoms with van der Waals surface area (Å²) < 4.78 is 40.7. The lowest BCUT2D eigenvalue weighted by Gasteiger charge is -2.38. The van der Waals surface area contributed by atoms with Crippen molar-refractivity contribution in [3.05, 3.63) is 60.6 Å². The number of hydrogen-bond acceptors (Lipinski definition) is 8. The van der Waals surface area contributed by atoms with Gasteiger partial charge in [0.25, 0.3) is 15.9 Å². The number of aliphatic hydroxyl groups is 1. The lowest BCUT2D eigenvalue weighted by atomic mass is 9.99. The number of sulfonamides is 1. The number of rotatable bonds is 9. The van der Waals surface area contributed by atoms with E-state index in [0.29, 0.717) is 11.4 Å². The molecule has 2 heterocycles. The molecule has 4 rings (SSSR count). The number of methoxy groups -OCH3 is 1. The van der Waals surface area contributed by atoms with E-state index in [1.54, 1.807) is 68.1 Å². The molecule has 2 aromatic carbocycles. The first-order valence-electron chi connectivity index (χ1n) is 13.3. The van der Waals surface area contributed by atoms with E-state index in [9.17, 15) is 23.1 Å². The molecule has 3 N–H and O–H groups in total. The van der Waals surface area contributed by atoms with Gasteiger partial charge in [0.05, 0.1) is 43.9 Å². The first kappa shape index (κ1) is 30.8. The predicted molar refractivity (Wildman–Crippen MR) is 156 cm³/mol. The van der Waals surface area contributed by atoms with E-state index in [-0.39, 0.29) is 53.5 Å². The number of carbonyl (C=O) groups excluding carboxylic acids is 2. The van der Waals surface area contributed by atoms with Crippen LogP contribution in [-0.4, -0.2) is 90.2 Å². The zero-order valence-corrected chi connectivity index (χ0v) is 25.0. The number of urea groups is 1. The molecule has 3 aromatic rings. The van der Waals surface area contributed by atoms with Gasteiger partial charge in [0.1, 0.15) is 11.9 Å². The third kappa shape index (κ3) is 6.66. The van der Waals surface area contributed by atoms with Crippen LogP contribution >= 0.6 is 0 Å². The minimum absolute atomic E-state index is 0.0680. The molecule has 0 unspecified atom stereocenters. The maximum atomic E-state index is 13.7. The largest absolute Gasteiger partial charge is 0.497 e. The normalized spacial score (nSPS) is 18.0. The number of nitrogens with one attached hydrogen (secondary N) is 2. The summed E-state index contributed by atoms with van der Waals surface area (Å²) in [6.07, 6.45) is 2.08. The number of carbonyl (C=O) groups is 2. The summed E-state index contributed by atoms with van der Waals surface area (Å²) in [6.45, 7) is 3.44. The van der Waals surface area contributed by atoms with Gasteiger partial charge in [-0.15, -0.1) is 0 Å². The molecule has 1 aliphatic heterocycles. The standard InChI is InChI=1S/C28H36N6O7S/c1-18-13-34(19(2)16-35)27(36)22-7-6-8-23(31-28(37)30-20-9-11-21(40-5)12-10-20)26(22)41-24(18)14-33(4)42(38,39)25-15-32(3)17-29-25/h6-12,15,17-19,24,35H,13-14,16H2,1-5H3,(H2,30,31,37)/t18-,19-,24-/m1/s1. The fourth-order valence-electron chi connectivity index (χ4n) is 4.55. The molecule has 226 valence electrons. The van der Waals surface area contributed by atoms with Gasteiger partial charge >= 0.3 is 6.03 Å². The topological polar surface area (TPSA) is 155 Å². The van der Waals surface area contributed by atoms with Crippen LogP contribution < -0.4 is 20.1 Å². The van der Waals surface area contributed by atoms with Crippen molar-refractivity contribution < 1.29 is 32.6 Å². The van der Waals surface area contributed by atoms with Crippen molar-refractivity contribution in [3.8, 4) is 11.5 Å². The molecule has 0 aliphatic carbocycles. The summed E-state index contributed by atoms with van der Waals surface area (Å²) >= 11 is 0. The second kappa shape index (κ2) is 12.8. The number of anilines is 2. The van der Waals surface area contributed by atoms with E-state index in [1.165, 1.54) is 24.5 Å². The molecule has 0 fully saturated rings. The zero-order chi connectivity index (χ0) is 30.6. The Bertz CT molecular complexity index is 1530. The third-order valence-electron chi connectivity index (χ3n) is 7.08. The quantitative estimate of drug-likeness (QED) is 0.339. The van der Waals surface area contributed by atoms with E-state index in [4.69, 9.17) is 9.47 Å². The Kier molecular flexibility index (Phi) is 9.39. The van der Waals surface area contributed by atoms with Crippen LogP contribution in [0.3, 0.4) is 0 Å². The van der Waals surface area contributed by atoms with Crippen molar-refractivity contribution in [1.82, 2.24) is 18.8 Å². The summed E-state index contributed by atoms with van der Waals surface area (Å²) in [6, 6.07) is 10.4. The second-order valence-electron chi connectivity index (χ2n) is 10.3. The van der Waals surface area contributed by atoms with Crippen molar-refractivity contribution >= 4 is 33.3 Å². The van der Waals surface area contributed by atoms with Gasteiger partial charge in [-0.05, 0) is 43.3 Å². The van der Waals surface area contributed by atoms with E-state index in [1.807, 2.05) is 6.92 Å². The van der Waals surface area contributed by atoms with Crippen LogP contribution in [0.4, 0.5) is 16.2 Å². The number of benzene rings is 2. The maximum absolute atomic E-state index is 13.7. The Hall–Kier alpha value is -4.14. The Morgan fingerprint density at radius 1 is 1.24 bits per heavy atom. The molecule has 0 saturated carbocycles. The molecular weight excluding hydrogens is 564 g/mol. The molecule has 0 bridgehead atoms. The van der Waals surface area contributed by atoms with Crippen LogP contribution in [0, 0.1) is 5.92 Å². The van der Waals surface area contributed by atoms with Gasteiger partial charge in [-0.3, -0.25) is 4.79 Å². The summed E-state index contributed by atoms with van der Waals surface area (Å²) in [5, 5.41) is 15.3. The number of fused-ring (bicyclic) bond motifs is 1. The van der Waals surface area contributed by atoms with Crippen LogP contribution in [0.25, 0.3) is 0 Å². The fraction of sp³-hybridized carbons (Fsp3) is 0.393. The number of aliphatic hydroxyl groups excluding tert-OH is 1. The highest BCUT2D eigenvalue weighted by Crippen LogP contribution is 2.35. The van der Waals surface area contributed by atoms with E-state index in [2.05, 4.69) is 15.6 Å². The van der Waals surface area contributed by atoms with Crippen LogP contribution in [0.1, 0.15) is 24.2 Å². The van der Waals surface area contributed by atoms with Crippen molar-refractivity contribution in [1.29, 1.82) is 0 Å². The highest BCUT2D eigenvalue weighted by atomic mass is 32.2. The predicted octanol–water partition coefficient (Wildman–Crippen LogP) is 2.61. The zero-order valence-electron chi connectivity index (χ0n) is 24.1. The number of likely N-dealkylation sites (N-methyl/N-ethyl adjacent to an activating group) is 1. The molecule has 42 heavy (non-hydrogen) atoms. The average Bonchev–Trinajstić information content (AvgIpc) is 3.42. The van der Waals surface area contributed by atoms with Crippen LogP contribution in [0.15, 0.2) is 60.0 Å². The maximum Gasteiger partial charge on any atom is 0.323 e. The number of para-hydroxylation sites is 1. The Morgan fingerprint density at radius 2 is 1.95 bits per heavy atom. The first-order valence-corrected chi connectivity index (χ1v) is 14.8. The molecule has 1 aliphatic rings. The van der Waals surface area contributed by atoms with Gasteiger partial charge in [0.15, 0.2) is 10.8 Å². The molecule has 0 radical (unpaired) electrons. The van der Waals surface area contributed by atoms with Crippen molar-refractivity contribution in [2.24, 2.45) is 13.0 Å². The fourth-order valence-corrected chi connectivity index (χ4v) is 5.69. The summed E-state index contributed by atoms with van der Waals surface area (Å²) in [5.74, 6) is -0.0129. The molecule has 0 spiro atoms. The average molecular weight is 601 g/mol. The Labute approximate surface area is 245 Å². The SMILES string of the molecule is COc1ccc(NC(=O)Nc2cccc3c2O[C@H](CN(C)S(=O)(=O)c2cn(C)cn2)[C@H](C)CN([C@H](C)CO)C3=O)cc1. The summed E-state index contributed by atoms with van der Waals surface area (Å²) in [7, 11) is 0.715. The smallest absolute Gasteiger partial charge is 0.323 e. The third-order valence-corrected chi connectivity index (χ3v) is 8.79. The highest BCUT2D eigenvalue weighted by molar-refractivity contribution is 7.89. The van der Waals surface area contributed by atoms with Crippen molar-refractivity contribution in [2.75, 3.05) is 44.5 Å². The van der Waals surface area contributed by atoms with E-state index in [0.717, 1.165) is 4.31 Å². The van der Waals surface area contributed by atoms with Crippen molar-refractivity contribution in [2.45, 2.75) is 31.0 Å². The molecule has 13 nitrogen and oxygen atoms in total. The first-order chi connectivity index (χ1) is 19.9. The minimum Gasteiger partial charge on any atom is -0.497 e. The van der Waals surface area contributed by atoms with Crippen LogP contribution in [0.5, 0.6) is 11.5 Å². The minimum atomic E-state index is -3.94. The Morgan fingerprint density at radius 3 is 2.57 bits per heavy atom. The number of hydrogen-bond donors (Lipinski definition) is 3. The summed E-state index contributed by atoms with van der Waals surface area (Å²) in [5.41, 5.74) is 0.905. The molecule has 0 saturated heterocycles.